The van der Waals surface area contributed by atoms with Gasteiger partial charge >= 0.3 is 0 Å². The van der Waals surface area contributed by atoms with Crippen molar-refractivity contribution < 1.29 is 32.3 Å². The van der Waals surface area contributed by atoms with Gasteiger partial charge in [0.2, 0.25) is 5.91 Å². The molecule has 1 fully saturated rings. The summed E-state index contributed by atoms with van der Waals surface area (Å²) in [5.41, 5.74) is 0.361. The van der Waals surface area contributed by atoms with E-state index in [0.29, 0.717) is 5.75 Å². The Balaban J connectivity index is 1.63. The Bertz CT molecular complexity index is 1300. The van der Waals surface area contributed by atoms with Gasteiger partial charge < -0.3 is 14.8 Å². The molecule has 11 nitrogen and oxygen atoms in total. The number of methoxy groups -OCH3 is 1. The second-order valence-corrected chi connectivity index (χ2v) is 12.1. The van der Waals surface area contributed by atoms with Crippen molar-refractivity contribution in [2.45, 2.75) is 32.2 Å². The molecule has 0 radical (unpaired) electrons. The van der Waals surface area contributed by atoms with Gasteiger partial charge in [-0.25, -0.2) is 13.4 Å². The van der Waals surface area contributed by atoms with E-state index in [9.17, 15) is 22.8 Å². The Morgan fingerprint density at radius 1 is 1.19 bits per heavy atom. The molecule has 1 atom stereocenters. The topological polar surface area (TPSA) is 135 Å². The fourth-order valence-electron chi connectivity index (χ4n) is 4.53. The minimum Gasteiger partial charge on any atom is -0.491 e. The van der Waals surface area contributed by atoms with E-state index in [2.05, 4.69) is 15.2 Å². The van der Waals surface area contributed by atoms with Gasteiger partial charge in [-0.3, -0.25) is 24.2 Å². The van der Waals surface area contributed by atoms with E-state index >= 15 is 0 Å². The summed E-state index contributed by atoms with van der Waals surface area (Å²) in [4.78, 5) is 47.0. The third kappa shape index (κ3) is 5.94. The summed E-state index contributed by atoms with van der Waals surface area (Å²) in [7, 11) is -2.20. The van der Waals surface area contributed by atoms with Gasteiger partial charge in [0, 0.05) is 11.6 Å². The van der Waals surface area contributed by atoms with Gasteiger partial charge in [-0.2, -0.15) is 0 Å². The zero-order valence-corrected chi connectivity index (χ0v) is 22.6. The number of anilines is 1. The van der Waals surface area contributed by atoms with Gasteiger partial charge in [0.1, 0.15) is 14.8 Å². The number of imide groups is 1. The van der Waals surface area contributed by atoms with Crippen molar-refractivity contribution in [1.29, 1.82) is 0 Å². The van der Waals surface area contributed by atoms with Gasteiger partial charge in [-0.1, -0.05) is 6.42 Å². The van der Waals surface area contributed by atoms with E-state index in [-0.39, 0.29) is 46.8 Å². The highest BCUT2D eigenvalue weighted by molar-refractivity contribution is 7.90. The number of sulfone groups is 1. The van der Waals surface area contributed by atoms with Gasteiger partial charge in [-0.15, -0.1) is 11.3 Å². The van der Waals surface area contributed by atoms with Crippen LogP contribution in [0.5, 0.6) is 11.6 Å². The third-order valence-electron chi connectivity index (χ3n) is 6.20. The fourth-order valence-corrected chi connectivity index (χ4v) is 6.37. The number of rotatable bonds is 10. The van der Waals surface area contributed by atoms with Crippen molar-refractivity contribution in [2.75, 3.05) is 50.7 Å². The van der Waals surface area contributed by atoms with Gasteiger partial charge in [-0.05, 0) is 45.0 Å². The Morgan fingerprint density at radius 3 is 2.57 bits per heavy atom. The molecule has 200 valence electrons. The number of nitrogens with one attached hydrogen (secondary N) is 1. The molecule has 3 amide bonds. The highest BCUT2D eigenvalue weighted by Gasteiger charge is 2.45. The number of hydrogen-bond donors (Lipinski definition) is 1. The molecule has 37 heavy (non-hydrogen) atoms. The first-order valence-electron chi connectivity index (χ1n) is 12.0. The molecule has 0 bridgehead atoms. The molecule has 0 spiro atoms. The summed E-state index contributed by atoms with van der Waals surface area (Å²) in [6.07, 6.45) is 4.25. The molecular formula is C24H30N4O7S2. The number of aromatic nitrogens is 1. The second-order valence-electron chi connectivity index (χ2n) is 9.00. The lowest BCUT2D eigenvalue weighted by Crippen LogP contribution is -2.38. The predicted molar refractivity (Wildman–Crippen MR) is 138 cm³/mol. The number of nitrogens with zero attached hydrogens (tertiary/aromatic N) is 3. The molecule has 4 rings (SSSR count). The van der Waals surface area contributed by atoms with Crippen LogP contribution in [0.25, 0.3) is 0 Å². The summed E-state index contributed by atoms with van der Waals surface area (Å²) in [5, 5.41) is 4.56. The maximum atomic E-state index is 13.6. The molecule has 0 saturated carbocycles. The first kappa shape index (κ1) is 27.0. The maximum Gasteiger partial charge on any atom is 0.265 e. The van der Waals surface area contributed by atoms with Crippen LogP contribution < -0.4 is 14.8 Å². The lowest BCUT2D eigenvalue weighted by atomic mass is 10.1. The van der Waals surface area contributed by atoms with E-state index in [4.69, 9.17) is 9.47 Å². The lowest BCUT2D eigenvalue weighted by Gasteiger charge is -2.26. The molecule has 2 aliphatic heterocycles. The van der Waals surface area contributed by atoms with Crippen LogP contribution in [0.4, 0.5) is 5.00 Å². The zero-order valence-electron chi connectivity index (χ0n) is 21.0. The van der Waals surface area contributed by atoms with Crippen molar-refractivity contribution in [2.24, 2.45) is 0 Å². The number of thiophene rings is 1. The highest BCUT2D eigenvalue weighted by atomic mass is 32.2. The number of carbonyl (C=O) groups excluding carboxylic acids is 3. The molecule has 1 unspecified atom stereocenters. The second kappa shape index (κ2) is 11.2. The normalized spacial score (nSPS) is 17.0. The van der Waals surface area contributed by atoms with Crippen LogP contribution >= 0.6 is 11.3 Å². The quantitative estimate of drug-likeness (QED) is 0.442. The molecule has 0 aliphatic carbocycles. The molecule has 2 aromatic heterocycles. The molecule has 4 heterocycles. The summed E-state index contributed by atoms with van der Waals surface area (Å²) >= 11 is 1.10. The number of pyridine rings is 1. The lowest BCUT2D eigenvalue weighted by molar-refractivity contribution is -0.117. The fraction of sp³-hybridized carbons (Fsp3) is 0.500. The van der Waals surface area contributed by atoms with Crippen molar-refractivity contribution >= 4 is 43.9 Å². The van der Waals surface area contributed by atoms with E-state index in [1.807, 2.05) is 0 Å². The van der Waals surface area contributed by atoms with Crippen LogP contribution in [0.3, 0.4) is 0 Å². The highest BCUT2D eigenvalue weighted by Crippen LogP contribution is 2.40. The first-order valence-corrected chi connectivity index (χ1v) is 14.9. The number of carbonyl (C=O) groups is 3. The first-order chi connectivity index (χ1) is 17.6. The summed E-state index contributed by atoms with van der Waals surface area (Å²) in [6.45, 7) is 3.92. The zero-order chi connectivity index (χ0) is 26.7. The monoisotopic (exact) mass is 550 g/mol. The molecule has 2 aromatic rings. The van der Waals surface area contributed by atoms with Crippen LogP contribution in [0.2, 0.25) is 0 Å². The maximum absolute atomic E-state index is 13.6. The average Bonchev–Trinajstić information content (AvgIpc) is 3.37. The van der Waals surface area contributed by atoms with Crippen LogP contribution in [0.15, 0.2) is 17.5 Å². The van der Waals surface area contributed by atoms with Crippen molar-refractivity contribution in [1.82, 2.24) is 14.8 Å². The largest absolute Gasteiger partial charge is 0.491 e. The van der Waals surface area contributed by atoms with Crippen LogP contribution in [0, 0.1) is 0 Å². The molecular weight excluding hydrogens is 520 g/mol. The smallest absolute Gasteiger partial charge is 0.265 e. The standard InChI is InChI=1S/C24H30N4O7S2/c1-4-35-21-18(34-2)9-8-16(25-21)17(14-37(3,32)33)28-23(30)15-13-36-22(20(15)24(28)31)26-19(29)12-27-10-6-5-7-11-27/h8-9,13,17H,4-7,10-12,14H2,1-3H3,(H,26,29). The van der Waals surface area contributed by atoms with E-state index in [0.717, 1.165) is 54.8 Å². The van der Waals surface area contributed by atoms with Crippen molar-refractivity contribution in [3.63, 3.8) is 0 Å². The van der Waals surface area contributed by atoms with Gasteiger partial charge in [0.05, 0.1) is 48.9 Å². The SMILES string of the molecule is CCOc1nc(C(CS(C)(=O)=O)N2C(=O)c3csc(NC(=O)CN4CCCCC4)c3C2=O)ccc1OC. The minimum absolute atomic E-state index is 0.0686. The number of fused-ring (bicyclic) bond motifs is 1. The van der Waals surface area contributed by atoms with E-state index in [1.54, 1.807) is 13.0 Å². The Hall–Kier alpha value is -3.03. The summed E-state index contributed by atoms with van der Waals surface area (Å²) < 4.78 is 35.4. The Labute approximate surface area is 219 Å². The minimum atomic E-state index is -3.64. The van der Waals surface area contributed by atoms with Crippen LogP contribution in [0.1, 0.15) is 58.6 Å². The molecule has 2 aliphatic rings. The number of hydrogen-bond acceptors (Lipinski definition) is 10. The number of ether oxygens (including phenoxy) is 2. The Kier molecular flexibility index (Phi) is 8.14. The predicted octanol–water partition coefficient (Wildman–Crippen LogP) is 2.36. The van der Waals surface area contributed by atoms with Gasteiger partial charge in [0.25, 0.3) is 17.7 Å². The summed E-state index contributed by atoms with van der Waals surface area (Å²) in [5.74, 6) is -1.66. The molecule has 1 saturated heterocycles. The van der Waals surface area contributed by atoms with Gasteiger partial charge in [0.15, 0.2) is 5.75 Å². The van der Waals surface area contributed by atoms with Crippen LogP contribution in [-0.4, -0.2) is 86.3 Å². The number of likely N-dealkylation sites (tertiary alicyclic amines) is 1. The van der Waals surface area contributed by atoms with Crippen molar-refractivity contribution in [3.05, 3.63) is 34.3 Å². The third-order valence-corrected chi connectivity index (χ3v) is 8.02. The van der Waals surface area contributed by atoms with Crippen LogP contribution in [-0.2, 0) is 14.6 Å². The summed E-state index contributed by atoms with van der Waals surface area (Å²) in [6, 6.07) is 1.86. The number of amides is 3. The average molecular weight is 551 g/mol. The van der Waals surface area contributed by atoms with E-state index < -0.39 is 33.4 Å². The molecule has 13 heteroatoms. The Morgan fingerprint density at radius 2 is 1.92 bits per heavy atom. The van der Waals surface area contributed by atoms with Crippen molar-refractivity contribution in [3.8, 4) is 11.6 Å². The molecule has 0 aromatic carbocycles. The molecule has 1 N–H and O–H groups in total. The van der Waals surface area contributed by atoms with E-state index in [1.165, 1.54) is 18.6 Å². The number of piperidine rings is 1.